The Labute approximate surface area is 143 Å². The highest BCUT2D eigenvalue weighted by atomic mass is 19.1. The average Bonchev–Trinajstić information content (AvgIpc) is 2.52. The standard InChI is InChI=1S/C19H27FN2O2/c1-14(2)12-18(23)21-17-8-10-22(11-9-17)19(24)7-6-15-4-3-5-16(20)13-15/h3-5,13-14,17H,6-12H2,1-2H3,(H,21,23). The van der Waals surface area contributed by atoms with Gasteiger partial charge in [-0.05, 0) is 42.9 Å². The van der Waals surface area contributed by atoms with Crippen molar-refractivity contribution in [3.63, 3.8) is 0 Å². The number of likely N-dealkylation sites (tertiary alicyclic amines) is 1. The van der Waals surface area contributed by atoms with E-state index >= 15 is 0 Å². The monoisotopic (exact) mass is 334 g/mol. The number of hydrogen-bond donors (Lipinski definition) is 1. The van der Waals surface area contributed by atoms with Crippen LogP contribution < -0.4 is 5.32 Å². The molecule has 1 aromatic carbocycles. The first-order valence-electron chi connectivity index (χ1n) is 8.75. The van der Waals surface area contributed by atoms with Crippen LogP contribution in [0.3, 0.4) is 0 Å². The topological polar surface area (TPSA) is 49.4 Å². The molecule has 1 heterocycles. The highest BCUT2D eigenvalue weighted by Crippen LogP contribution is 2.14. The number of carbonyl (C=O) groups is 2. The maximum atomic E-state index is 13.1. The van der Waals surface area contributed by atoms with Crippen molar-refractivity contribution in [1.82, 2.24) is 10.2 Å². The van der Waals surface area contributed by atoms with Crippen molar-refractivity contribution in [2.75, 3.05) is 13.1 Å². The summed E-state index contributed by atoms with van der Waals surface area (Å²) in [6.07, 6.45) is 3.10. The van der Waals surface area contributed by atoms with Crippen molar-refractivity contribution in [2.45, 2.75) is 52.0 Å². The highest BCUT2D eigenvalue weighted by Gasteiger charge is 2.23. The van der Waals surface area contributed by atoms with Crippen LogP contribution in [0.25, 0.3) is 0 Å². The van der Waals surface area contributed by atoms with Gasteiger partial charge in [0, 0.05) is 32.0 Å². The normalized spacial score (nSPS) is 15.6. The summed E-state index contributed by atoms with van der Waals surface area (Å²) in [6, 6.07) is 6.56. The fourth-order valence-electron chi connectivity index (χ4n) is 3.03. The SMILES string of the molecule is CC(C)CC(=O)NC1CCN(C(=O)CCc2cccc(F)c2)CC1. The number of amides is 2. The third kappa shape index (κ3) is 5.95. The van der Waals surface area contributed by atoms with E-state index in [1.807, 2.05) is 24.8 Å². The quantitative estimate of drug-likeness (QED) is 0.869. The summed E-state index contributed by atoms with van der Waals surface area (Å²) in [5.41, 5.74) is 0.846. The van der Waals surface area contributed by atoms with E-state index in [9.17, 15) is 14.0 Å². The molecule has 0 aromatic heterocycles. The van der Waals surface area contributed by atoms with Gasteiger partial charge in [0.2, 0.25) is 11.8 Å². The molecule has 0 spiro atoms. The zero-order chi connectivity index (χ0) is 17.5. The highest BCUT2D eigenvalue weighted by molar-refractivity contribution is 5.77. The second kappa shape index (κ2) is 8.81. The van der Waals surface area contributed by atoms with Crippen LogP contribution in [0, 0.1) is 11.7 Å². The molecule has 1 aliphatic rings. The molecule has 1 fully saturated rings. The first kappa shape index (κ1) is 18.4. The summed E-state index contributed by atoms with van der Waals surface area (Å²) >= 11 is 0. The van der Waals surface area contributed by atoms with Gasteiger partial charge in [-0.15, -0.1) is 0 Å². The van der Waals surface area contributed by atoms with Crippen molar-refractivity contribution in [1.29, 1.82) is 0 Å². The summed E-state index contributed by atoms with van der Waals surface area (Å²) in [5, 5.41) is 3.06. The maximum Gasteiger partial charge on any atom is 0.222 e. The maximum absolute atomic E-state index is 13.1. The van der Waals surface area contributed by atoms with E-state index in [2.05, 4.69) is 5.32 Å². The van der Waals surface area contributed by atoms with Crippen molar-refractivity contribution >= 4 is 11.8 Å². The van der Waals surface area contributed by atoms with Crippen molar-refractivity contribution < 1.29 is 14.0 Å². The predicted octanol–water partition coefficient (Wildman–Crippen LogP) is 2.91. The third-order valence-corrected chi connectivity index (χ3v) is 4.32. The molecule has 1 N–H and O–H groups in total. The molecular weight excluding hydrogens is 307 g/mol. The molecule has 0 radical (unpaired) electrons. The third-order valence-electron chi connectivity index (χ3n) is 4.32. The smallest absolute Gasteiger partial charge is 0.222 e. The summed E-state index contributed by atoms with van der Waals surface area (Å²) in [6.45, 7) is 5.40. The number of nitrogens with one attached hydrogen (secondary N) is 1. The van der Waals surface area contributed by atoms with E-state index in [1.165, 1.54) is 12.1 Å². The van der Waals surface area contributed by atoms with Gasteiger partial charge in [-0.1, -0.05) is 26.0 Å². The summed E-state index contributed by atoms with van der Waals surface area (Å²) in [5.74, 6) is 0.291. The zero-order valence-electron chi connectivity index (χ0n) is 14.6. The summed E-state index contributed by atoms with van der Waals surface area (Å²) < 4.78 is 13.1. The number of benzene rings is 1. The van der Waals surface area contributed by atoms with Gasteiger partial charge >= 0.3 is 0 Å². The molecule has 0 unspecified atom stereocenters. The summed E-state index contributed by atoms with van der Waals surface area (Å²) in [4.78, 5) is 25.9. The number of piperidine rings is 1. The van der Waals surface area contributed by atoms with Gasteiger partial charge in [0.05, 0.1) is 0 Å². The lowest BCUT2D eigenvalue weighted by molar-refractivity contribution is -0.132. The van der Waals surface area contributed by atoms with E-state index in [1.54, 1.807) is 6.07 Å². The minimum atomic E-state index is -0.266. The number of hydrogen-bond acceptors (Lipinski definition) is 2. The molecule has 132 valence electrons. The Morgan fingerprint density at radius 1 is 1.29 bits per heavy atom. The Morgan fingerprint density at radius 3 is 2.62 bits per heavy atom. The Balaban J connectivity index is 1.71. The summed E-state index contributed by atoms with van der Waals surface area (Å²) in [7, 11) is 0. The second-order valence-electron chi connectivity index (χ2n) is 6.95. The lowest BCUT2D eigenvalue weighted by atomic mass is 10.0. The second-order valence-corrected chi connectivity index (χ2v) is 6.95. The molecule has 2 amide bonds. The number of carbonyl (C=O) groups excluding carboxylic acids is 2. The van der Waals surface area contributed by atoms with E-state index in [4.69, 9.17) is 0 Å². The fraction of sp³-hybridized carbons (Fsp3) is 0.579. The molecule has 1 aliphatic heterocycles. The fourth-order valence-corrected chi connectivity index (χ4v) is 3.03. The molecule has 0 aliphatic carbocycles. The minimum Gasteiger partial charge on any atom is -0.353 e. The molecule has 0 bridgehead atoms. The van der Waals surface area contributed by atoms with E-state index in [-0.39, 0.29) is 23.7 Å². The average molecular weight is 334 g/mol. The van der Waals surface area contributed by atoms with Crippen molar-refractivity contribution in [2.24, 2.45) is 5.92 Å². The lowest BCUT2D eigenvalue weighted by Crippen LogP contribution is -2.46. The Hall–Kier alpha value is -1.91. The van der Waals surface area contributed by atoms with E-state index in [0.29, 0.717) is 38.3 Å². The van der Waals surface area contributed by atoms with Crippen LogP contribution in [0.2, 0.25) is 0 Å². The molecule has 1 saturated heterocycles. The number of nitrogens with zero attached hydrogens (tertiary/aromatic N) is 1. The van der Waals surface area contributed by atoms with Crippen LogP contribution in [0.4, 0.5) is 4.39 Å². The largest absolute Gasteiger partial charge is 0.353 e. The molecule has 0 atom stereocenters. The zero-order valence-corrected chi connectivity index (χ0v) is 14.6. The van der Waals surface area contributed by atoms with Crippen LogP contribution >= 0.6 is 0 Å². The Bertz CT molecular complexity index is 566. The molecule has 5 heteroatoms. The Morgan fingerprint density at radius 2 is 2.00 bits per heavy atom. The van der Waals surface area contributed by atoms with Crippen LogP contribution in [0.5, 0.6) is 0 Å². The van der Waals surface area contributed by atoms with Crippen LogP contribution in [-0.2, 0) is 16.0 Å². The molecular formula is C19H27FN2O2. The van der Waals surface area contributed by atoms with Gasteiger partial charge in [0.25, 0.3) is 0 Å². The van der Waals surface area contributed by atoms with E-state index in [0.717, 1.165) is 18.4 Å². The molecule has 2 rings (SSSR count). The number of aryl methyl sites for hydroxylation is 1. The molecule has 4 nitrogen and oxygen atoms in total. The predicted molar refractivity (Wildman–Crippen MR) is 91.9 cm³/mol. The molecule has 0 saturated carbocycles. The molecule has 1 aromatic rings. The first-order valence-corrected chi connectivity index (χ1v) is 8.75. The lowest BCUT2D eigenvalue weighted by Gasteiger charge is -2.32. The van der Waals surface area contributed by atoms with Gasteiger partial charge in [-0.25, -0.2) is 4.39 Å². The van der Waals surface area contributed by atoms with Gasteiger partial charge in [0.15, 0.2) is 0 Å². The van der Waals surface area contributed by atoms with Gasteiger partial charge in [-0.3, -0.25) is 9.59 Å². The van der Waals surface area contributed by atoms with Crippen molar-refractivity contribution in [3.8, 4) is 0 Å². The van der Waals surface area contributed by atoms with Crippen molar-refractivity contribution in [3.05, 3.63) is 35.6 Å². The molecule has 24 heavy (non-hydrogen) atoms. The number of halogens is 1. The first-order chi connectivity index (χ1) is 11.4. The van der Waals surface area contributed by atoms with Gasteiger partial charge in [-0.2, -0.15) is 0 Å². The van der Waals surface area contributed by atoms with E-state index < -0.39 is 0 Å². The van der Waals surface area contributed by atoms with Crippen LogP contribution in [0.1, 0.15) is 45.1 Å². The van der Waals surface area contributed by atoms with Gasteiger partial charge < -0.3 is 10.2 Å². The minimum absolute atomic E-state index is 0.0980. The van der Waals surface area contributed by atoms with Gasteiger partial charge in [0.1, 0.15) is 5.82 Å². The van der Waals surface area contributed by atoms with Crippen LogP contribution in [0.15, 0.2) is 24.3 Å². The Kier molecular flexibility index (Phi) is 6.76. The number of rotatable bonds is 6. The van der Waals surface area contributed by atoms with Crippen LogP contribution in [-0.4, -0.2) is 35.8 Å².